The fourth-order valence-electron chi connectivity index (χ4n) is 0.882. The van der Waals surface area contributed by atoms with E-state index in [2.05, 4.69) is 0 Å². The molecule has 0 heterocycles. The molecule has 7 N–H and O–H groups in total. The van der Waals surface area contributed by atoms with Crippen molar-refractivity contribution in [2.75, 3.05) is 0 Å². The van der Waals surface area contributed by atoms with Gasteiger partial charge in [0.2, 0.25) is 0 Å². The van der Waals surface area contributed by atoms with Gasteiger partial charge in [-0.2, -0.15) is 0 Å². The second-order valence-electron chi connectivity index (χ2n) is 4.19. The number of carbonyl (C=O) groups is 3. The average molecular weight is 494 g/mol. The molecule has 0 aliphatic heterocycles. The zero-order valence-electron chi connectivity index (χ0n) is 14.7. The molecule has 0 bridgehead atoms. The van der Waals surface area contributed by atoms with Crippen LogP contribution < -0.4 is 0 Å². The first-order valence-corrected chi connectivity index (χ1v) is 6.02. The van der Waals surface area contributed by atoms with E-state index >= 15 is 0 Å². The van der Waals surface area contributed by atoms with Crippen LogP contribution in [0, 0.1) is 39.9 Å². The largest absolute Gasteiger partial charge is 0.512 e. The fourth-order valence-corrected chi connectivity index (χ4v) is 0.882. The van der Waals surface area contributed by atoms with E-state index in [1.54, 1.807) is 0 Å². The fraction of sp³-hybridized carbons (Fsp3) is 0.400. The number of ketones is 3. The Kier molecular flexibility index (Phi) is 38.6. The third-order valence-corrected chi connectivity index (χ3v) is 1.24. The van der Waals surface area contributed by atoms with Crippen LogP contribution in [0.1, 0.15) is 41.5 Å². The standard InChI is InChI=1S/3C5H8O2.Gd.2H2O/c3*1-4(6)3-5(2)7;;;/h3*3,6H,1-2H3;;2*1H2/b3*4-3+;;;. The molecule has 8 nitrogen and oxygen atoms in total. The molecule has 0 aromatic heterocycles. The molecule has 0 aromatic rings. The number of aliphatic hydroxyl groups excluding tert-OH is 3. The molecule has 0 saturated carbocycles. The molecule has 0 fully saturated rings. The Morgan fingerprint density at radius 3 is 0.667 bits per heavy atom. The van der Waals surface area contributed by atoms with Gasteiger partial charge in [0.15, 0.2) is 17.3 Å². The van der Waals surface area contributed by atoms with Gasteiger partial charge >= 0.3 is 0 Å². The first-order chi connectivity index (χ1) is 9.38. The van der Waals surface area contributed by atoms with Crippen molar-refractivity contribution in [3.8, 4) is 0 Å². The molecular weight excluding hydrogens is 465 g/mol. The molecule has 0 saturated heterocycles. The third-order valence-electron chi connectivity index (χ3n) is 1.24. The van der Waals surface area contributed by atoms with Crippen LogP contribution in [0.25, 0.3) is 0 Å². The Morgan fingerprint density at radius 2 is 0.667 bits per heavy atom. The van der Waals surface area contributed by atoms with Crippen LogP contribution in [0.3, 0.4) is 0 Å². The van der Waals surface area contributed by atoms with Crippen LogP contribution in [0.5, 0.6) is 0 Å². The average Bonchev–Trinajstić information content (AvgIpc) is 2.10. The van der Waals surface area contributed by atoms with Gasteiger partial charge in [0.1, 0.15) is 0 Å². The Bertz CT molecular complexity index is 372. The van der Waals surface area contributed by atoms with Gasteiger partial charge in [-0.25, -0.2) is 0 Å². The van der Waals surface area contributed by atoms with E-state index in [9.17, 15) is 14.4 Å². The molecule has 0 radical (unpaired) electrons. The summed E-state index contributed by atoms with van der Waals surface area (Å²) in [6.07, 6.45) is 3.50. The molecular formula is C15H28GdO8. The van der Waals surface area contributed by atoms with Gasteiger partial charge in [-0.3, -0.25) is 14.4 Å². The van der Waals surface area contributed by atoms with E-state index < -0.39 is 0 Å². The molecule has 0 atom stereocenters. The summed E-state index contributed by atoms with van der Waals surface area (Å²) < 4.78 is 0. The minimum Gasteiger partial charge on any atom is -0.512 e. The maximum absolute atomic E-state index is 10.0. The zero-order chi connectivity index (χ0) is 17.6. The minimum absolute atomic E-state index is 0. The number of hydrogen-bond donors (Lipinski definition) is 3. The quantitative estimate of drug-likeness (QED) is 0.396. The van der Waals surface area contributed by atoms with Crippen LogP contribution in [-0.4, -0.2) is 43.6 Å². The van der Waals surface area contributed by atoms with E-state index in [0.29, 0.717) is 0 Å². The van der Waals surface area contributed by atoms with Crippen molar-refractivity contribution in [1.82, 2.24) is 0 Å². The van der Waals surface area contributed by atoms with E-state index in [0.717, 1.165) is 0 Å². The number of aliphatic hydroxyl groups is 3. The predicted octanol–water partition coefficient (Wildman–Crippen LogP) is 1.46. The normalized spacial score (nSPS) is 10.0. The molecule has 9 heteroatoms. The second kappa shape index (κ2) is 24.1. The van der Waals surface area contributed by atoms with Crippen LogP contribution in [0.2, 0.25) is 0 Å². The van der Waals surface area contributed by atoms with Crippen molar-refractivity contribution < 1.29 is 80.6 Å². The van der Waals surface area contributed by atoms with Gasteiger partial charge in [-0.15, -0.1) is 0 Å². The van der Waals surface area contributed by atoms with Crippen LogP contribution >= 0.6 is 0 Å². The van der Waals surface area contributed by atoms with Gasteiger partial charge in [0.25, 0.3) is 0 Å². The third kappa shape index (κ3) is 69.7. The second-order valence-corrected chi connectivity index (χ2v) is 4.19. The molecule has 0 aliphatic carbocycles. The molecule has 0 aromatic carbocycles. The van der Waals surface area contributed by atoms with E-state index in [1.165, 1.54) is 59.8 Å². The van der Waals surface area contributed by atoms with E-state index in [4.69, 9.17) is 15.3 Å². The summed E-state index contributed by atoms with van der Waals surface area (Å²) >= 11 is 0. The summed E-state index contributed by atoms with van der Waals surface area (Å²) in [7, 11) is 0. The van der Waals surface area contributed by atoms with Crippen LogP contribution in [0.4, 0.5) is 0 Å². The molecule has 0 unspecified atom stereocenters. The summed E-state index contributed by atoms with van der Waals surface area (Å²) in [5, 5.41) is 25.1. The summed E-state index contributed by atoms with van der Waals surface area (Å²) in [5.74, 6) is -0.187. The first-order valence-electron chi connectivity index (χ1n) is 6.02. The van der Waals surface area contributed by atoms with Gasteiger partial charge in [0, 0.05) is 58.2 Å². The van der Waals surface area contributed by atoms with Gasteiger partial charge in [0.05, 0.1) is 17.3 Å². The monoisotopic (exact) mass is 494 g/mol. The maximum atomic E-state index is 10.0. The Hall–Kier alpha value is -1.13. The van der Waals surface area contributed by atoms with Crippen molar-refractivity contribution >= 4 is 17.3 Å². The van der Waals surface area contributed by atoms with Crippen molar-refractivity contribution in [3.05, 3.63) is 35.5 Å². The van der Waals surface area contributed by atoms with Crippen molar-refractivity contribution in [2.45, 2.75) is 41.5 Å². The Labute approximate surface area is 174 Å². The number of hydrogen-bond acceptors (Lipinski definition) is 6. The molecule has 0 rings (SSSR count). The SMILES string of the molecule is CC(=O)/C=C(\C)O.CC(=O)/C=C(\C)O.CC(=O)/C=C(\C)O.O.O.[Gd]. The van der Waals surface area contributed by atoms with Crippen LogP contribution in [-0.2, 0) is 14.4 Å². The van der Waals surface area contributed by atoms with Gasteiger partial charge in [-0.05, 0) is 41.5 Å². The summed E-state index contributed by atoms with van der Waals surface area (Å²) in [6, 6.07) is 0. The number of carbonyl (C=O) groups excluding carboxylic acids is 3. The molecule has 0 amide bonds. The van der Waals surface area contributed by atoms with Crippen LogP contribution in [0.15, 0.2) is 35.5 Å². The van der Waals surface area contributed by atoms with Crippen molar-refractivity contribution in [2.24, 2.45) is 0 Å². The van der Waals surface area contributed by atoms with E-state index in [1.807, 2.05) is 0 Å². The molecule has 144 valence electrons. The van der Waals surface area contributed by atoms with Gasteiger partial charge in [-0.1, -0.05) is 0 Å². The predicted molar refractivity (Wildman–Crippen MR) is 88.4 cm³/mol. The molecule has 24 heavy (non-hydrogen) atoms. The topological polar surface area (TPSA) is 175 Å². The minimum atomic E-state index is -0.125. The summed E-state index contributed by atoms with van der Waals surface area (Å²) in [5.41, 5.74) is 0. The summed E-state index contributed by atoms with van der Waals surface area (Å²) in [4.78, 5) is 30.1. The van der Waals surface area contributed by atoms with Crippen molar-refractivity contribution in [3.63, 3.8) is 0 Å². The van der Waals surface area contributed by atoms with Gasteiger partial charge < -0.3 is 26.3 Å². The molecule has 0 aliphatic rings. The molecule has 0 spiro atoms. The summed E-state index contributed by atoms with van der Waals surface area (Å²) in [6.45, 7) is 8.54. The zero-order valence-corrected chi connectivity index (χ0v) is 16.9. The maximum Gasteiger partial charge on any atom is 0.155 e. The Morgan fingerprint density at radius 1 is 0.542 bits per heavy atom. The van der Waals surface area contributed by atoms with E-state index in [-0.39, 0.29) is 85.5 Å². The number of rotatable bonds is 3. The van der Waals surface area contributed by atoms with Crippen molar-refractivity contribution in [1.29, 1.82) is 0 Å². The smallest absolute Gasteiger partial charge is 0.155 e. The first kappa shape index (κ1) is 38.4. The Balaban J connectivity index is -0.0000000476. The number of allylic oxidation sites excluding steroid dienone is 6.